The first kappa shape index (κ1) is 15.0. The number of nitrogens with one attached hydrogen (secondary N) is 2. The molecule has 1 aromatic carbocycles. The molecule has 0 aliphatic carbocycles. The largest absolute Gasteiger partial charge is 0.379 e. The molecule has 3 aliphatic heterocycles. The topological polar surface area (TPSA) is 44.0 Å². The first-order valence-electron chi connectivity index (χ1n) is 9.32. The molecular formula is C21H24N4. The molecule has 0 radical (unpaired) electrons. The summed E-state index contributed by atoms with van der Waals surface area (Å²) < 4.78 is 0. The van der Waals surface area contributed by atoms with E-state index in [-0.39, 0.29) is 0 Å². The number of anilines is 1. The normalized spacial score (nSPS) is 28.4. The first-order chi connectivity index (χ1) is 12.3. The van der Waals surface area contributed by atoms with Crippen LogP contribution in [0.3, 0.4) is 0 Å². The number of hydrogen-bond donors (Lipinski definition) is 2. The van der Waals surface area contributed by atoms with Crippen LogP contribution >= 0.6 is 0 Å². The molecule has 2 N–H and O–H groups in total. The molecule has 4 heteroatoms. The molecule has 3 saturated heterocycles. The molecule has 5 heterocycles. The van der Waals surface area contributed by atoms with Crippen LogP contribution in [0.25, 0.3) is 22.2 Å². The predicted octanol–water partition coefficient (Wildman–Crippen LogP) is 4.12. The van der Waals surface area contributed by atoms with E-state index in [1.165, 1.54) is 36.8 Å². The monoisotopic (exact) mass is 332 g/mol. The first-order valence-corrected chi connectivity index (χ1v) is 9.32. The predicted molar refractivity (Wildman–Crippen MR) is 103 cm³/mol. The highest BCUT2D eigenvalue weighted by molar-refractivity contribution is 5.84. The van der Waals surface area contributed by atoms with Gasteiger partial charge < -0.3 is 10.3 Å². The van der Waals surface area contributed by atoms with Gasteiger partial charge >= 0.3 is 0 Å². The van der Waals surface area contributed by atoms with Gasteiger partial charge in [-0.1, -0.05) is 6.07 Å². The van der Waals surface area contributed by atoms with Gasteiger partial charge in [0.15, 0.2) is 0 Å². The third-order valence-electron chi connectivity index (χ3n) is 6.12. The van der Waals surface area contributed by atoms with E-state index in [1.807, 2.05) is 12.4 Å². The lowest BCUT2D eigenvalue weighted by Crippen LogP contribution is -2.59. The summed E-state index contributed by atoms with van der Waals surface area (Å²) >= 11 is 0. The van der Waals surface area contributed by atoms with Crippen molar-refractivity contribution in [3.63, 3.8) is 0 Å². The minimum atomic E-state index is 0.548. The number of aromatic amines is 1. The van der Waals surface area contributed by atoms with E-state index >= 15 is 0 Å². The van der Waals surface area contributed by atoms with Gasteiger partial charge in [0.1, 0.15) is 0 Å². The summed E-state index contributed by atoms with van der Waals surface area (Å²) in [5.74, 6) is 0.802. The summed E-state index contributed by atoms with van der Waals surface area (Å²) in [6, 6.07) is 14.0. The summed E-state index contributed by atoms with van der Waals surface area (Å²) in [5, 5.41) is 4.98. The van der Waals surface area contributed by atoms with Gasteiger partial charge in [0, 0.05) is 34.7 Å². The lowest BCUT2D eigenvalue weighted by Gasteiger charge is -2.50. The molecule has 6 rings (SSSR count). The summed E-state index contributed by atoms with van der Waals surface area (Å²) in [6.45, 7) is 4.89. The van der Waals surface area contributed by atoms with Gasteiger partial charge in [-0.25, -0.2) is 0 Å². The Balaban J connectivity index is 1.36. The highest BCUT2D eigenvalue weighted by atomic mass is 15.2. The highest BCUT2D eigenvalue weighted by Gasteiger charge is 2.39. The molecule has 2 bridgehead atoms. The van der Waals surface area contributed by atoms with Crippen LogP contribution in [0.2, 0.25) is 0 Å². The number of nitrogens with zero attached hydrogens (tertiary/aromatic N) is 2. The molecule has 0 spiro atoms. The van der Waals surface area contributed by atoms with Gasteiger partial charge in [0.25, 0.3) is 0 Å². The van der Waals surface area contributed by atoms with E-state index in [4.69, 9.17) is 4.98 Å². The van der Waals surface area contributed by atoms with E-state index in [2.05, 4.69) is 58.5 Å². The lowest BCUT2D eigenvalue weighted by atomic mass is 9.79. The standard InChI is InChI=1S/C21H24N4/c1-14-21(15-7-10-25(14)11-8-15)24-18-3-5-20(23-13-18)16-2-4-19-17(12-16)6-9-22-19/h2-6,9,12-15,21-22,24H,7-8,10-11H2,1H3/t14-,21-/m1/s1. The summed E-state index contributed by atoms with van der Waals surface area (Å²) in [4.78, 5) is 10.6. The molecule has 25 heavy (non-hydrogen) atoms. The van der Waals surface area contributed by atoms with Crippen molar-refractivity contribution in [2.45, 2.75) is 31.8 Å². The molecule has 3 aliphatic rings. The van der Waals surface area contributed by atoms with Gasteiger partial charge in [-0.15, -0.1) is 0 Å². The minimum Gasteiger partial charge on any atom is -0.379 e. The van der Waals surface area contributed by atoms with Crippen LogP contribution in [0, 0.1) is 5.92 Å². The maximum Gasteiger partial charge on any atom is 0.0703 e. The van der Waals surface area contributed by atoms with Crippen molar-refractivity contribution in [1.29, 1.82) is 0 Å². The fourth-order valence-corrected chi connectivity index (χ4v) is 4.60. The van der Waals surface area contributed by atoms with Gasteiger partial charge in [0.2, 0.25) is 0 Å². The van der Waals surface area contributed by atoms with Gasteiger partial charge in [-0.2, -0.15) is 0 Å². The summed E-state index contributed by atoms with van der Waals surface area (Å²) in [7, 11) is 0. The average molecular weight is 332 g/mol. The van der Waals surface area contributed by atoms with E-state index in [0.29, 0.717) is 12.1 Å². The number of piperidine rings is 3. The van der Waals surface area contributed by atoms with E-state index < -0.39 is 0 Å². The van der Waals surface area contributed by atoms with E-state index in [0.717, 1.165) is 22.9 Å². The van der Waals surface area contributed by atoms with E-state index in [1.54, 1.807) is 0 Å². The third-order valence-corrected chi connectivity index (χ3v) is 6.12. The Labute approximate surface area is 148 Å². The number of H-pyrrole nitrogens is 1. The Morgan fingerprint density at radius 1 is 1.12 bits per heavy atom. The molecule has 0 amide bonds. The van der Waals surface area contributed by atoms with Crippen LogP contribution in [0.15, 0.2) is 48.8 Å². The van der Waals surface area contributed by atoms with E-state index in [9.17, 15) is 0 Å². The molecule has 2 aromatic heterocycles. The zero-order valence-corrected chi connectivity index (χ0v) is 14.6. The maximum atomic E-state index is 4.71. The van der Waals surface area contributed by atoms with Crippen molar-refractivity contribution in [2.75, 3.05) is 18.4 Å². The zero-order valence-electron chi connectivity index (χ0n) is 14.6. The van der Waals surface area contributed by atoms with Gasteiger partial charge in [-0.3, -0.25) is 9.88 Å². The number of aromatic nitrogens is 2. The Morgan fingerprint density at radius 3 is 2.76 bits per heavy atom. The Hall–Kier alpha value is -2.33. The van der Waals surface area contributed by atoms with Gasteiger partial charge in [0.05, 0.1) is 17.6 Å². The number of rotatable bonds is 3. The third kappa shape index (κ3) is 2.61. The number of pyridine rings is 1. The van der Waals surface area contributed by atoms with Crippen LogP contribution < -0.4 is 5.32 Å². The molecule has 0 unspecified atom stereocenters. The quantitative estimate of drug-likeness (QED) is 0.758. The number of hydrogen-bond acceptors (Lipinski definition) is 3. The molecule has 4 nitrogen and oxygen atoms in total. The van der Waals surface area contributed by atoms with Crippen LogP contribution in [-0.4, -0.2) is 40.0 Å². The lowest BCUT2D eigenvalue weighted by molar-refractivity contribution is 0.0458. The Bertz CT molecular complexity index is 872. The molecule has 0 saturated carbocycles. The Kier molecular flexibility index (Phi) is 3.52. The van der Waals surface area contributed by atoms with Crippen molar-refractivity contribution in [2.24, 2.45) is 5.92 Å². The second kappa shape index (κ2) is 5.88. The molecule has 3 aromatic rings. The van der Waals surface area contributed by atoms with Crippen molar-refractivity contribution in [3.05, 3.63) is 48.8 Å². The van der Waals surface area contributed by atoms with Crippen LogP contribution in [0.4, 0.5) is 5.69 Å². The zero-order chi connectivity index (χ0) is 16.8. The molecule has 3 fully saturated rings. The highest BCUT2D eigenvalue weighted by Crippen LogP contribution is 2.34. The summed E-state index contributed by atoms with van der Waals surface area (Å²) in [6.07, 6.45) is 6.61. The second-order valence-corrected chi connectivity index (χ2v) is 7.50. The number of fused-ring (bicyclic) bond motifs is 4. The average Bonchev–Trinajstić information content (AvgIpc) is 3.13. The van der Waals surface area contributed by atoms with Crippen LogP contribution in [-0.2, 0) is 0 Å². The second-order valence-electron chi connectivity index (χ2n) is 7.50. The SMILES string of the molecule is C[C@@H]1[C@@H](Nc2ccc(-c3ccc4[nH]ccc4c3)nc2)[C@H]2CC[N@@]1CC2. The van der Waals surface area contributed by atoms with Crippen molar-refractivity contribution < 1.29 is 0 Å². The molecule has 128 valence electrons. The maximum absolute atomic E-state index is 4.71. The number of benzene rings is 1. The fourth-order valence-electron chi connectivity index (χ4n) is 4.60. The van der Waals surface area contributed by atoms with Crippen molar-refractivity contribution in [1.82, 2.24) is 14.9 Å². The van der Waals surface area contributed by atoms with Crippen molar-refractivity contribution in [3.8, 4) is 11.3 Å². The van der Waals surface area contributed by atoms with Crippen LogP contribution in [0.1, 0.15) is 19.8 Å². The van der Waals surface area contributed by atoms with Crippen LogP contribution in [0.5, 0.6) is 0 Å². The minimum absolute atomic E-state index is 0.548. The van der Waals surface area contributed by atoms with Crippen molar-refractivity contribution >= 4 is 16.6 Å². The molecule has 2 atom stereocenters. The Morgan fingerprint density at radius 2 is 2.00 bits per heavy atom. The van der Waals surface area contributed by atoms with Gasteiger partial charge in [-0.05, 0) is 69.1 Å². The fraction of sp³-hybridized carbons (Fsp3) is 0.381. The summed E-state index contributed by atoms with van der Waals surface area (Å²) in [5.41, 5.74) is 4.49. The molecular weight excluding hydrogens is 308 g/mol. The smallest absolute Gasteiger partial charge is 0.0703 e.